The number of hydrogen-bond donors (Lipinski definition) is 0. The average Bonchev–Trinajstić information content (AvgIpc) is 3.59. The van der Waals surface area contributed by atoms with Crippen LogP contribution in [0.25, 0.3) is 11.3 Å². The fourth-order valence-corrected chi connectivity index (χ4v) is 7.83. The van der Waals surface area contributed by atoms with Crippen molar-refractivity contribution in [3.63, 3.8) is 0 Å². The monoisotopic (exact) mass is 685 g/mol. The highest BCUT2D eigenvalue weighted by atomic mass is 32.2. The molecule has 3 heterocycles. The number of ketones is 1. The van der Waals surface area contributed by atoms with E-state index in [9.17, 15) is 35.2 Å². The lowest BCUT2D eigenvalue weighted by Gasteiger charge is -2.36. The first-order valence-corrected chi connectivity index (χ1v) is 16.9. The third kappa shape index (κ3) is 7.19. The molecule has 0 amide bonds. The van der Waals surface area contributed by atoms with E-state index in [0.717, 1.165) is 28.6 Å². The zero-order valence-corrected chi connectivity index (χ0v) is 26.5. The molecule has 2 aliphatic heterocycles. The molecule has 0 unspecified atom stereocenters. The number of hydrogen-bond acceptors (Lipinski definition) is 7. The molecule has 0 radical (unpaired) electrons. The number of aromatic nitrogens is 2. The van der Waals surface area contributed by atoms with Crippen LogP contribution in [0.3, 0.4) is 0 Å². The van der Waals surface area contributed by atoms with Crippen LogP contribution >= 0.6 is 0 Å². The quantitative estimate of drug-likeness (QED) is 0.196. The minimum absolute atomic E-state index is 0.0518. The molecule has 1 aromatic heterocycles. The number of benzene rings is 3. The first-order valence-electron chi connectivity index (χ1n) is 15.5. The molecule has 2 fully saturated rings. The summed E-state index contributed by atoms with van der Waals surface area (Å²) >= 11 is 0. The van der Waals surface area contributed by atoms with Gasteiger partial charge in [-0.15, -0.1) is 0 Å². The second-order valence-corrected chi connectivity index (χ2v) is 13.6. The summed E-state index contributed by atoms with van der Waals surface area (Å²) in [7, 11) is -4.11. The maximum atomic E-state index is 14.4. The van der Waals surface area contributed by atoms with Gasteiger partial charge < -0.3 is 9.80 Å². The van der Waals surface area contributed by atoms with Gasteiger partial charge in [-0.25, -0.2) is 27.2 Å². The summed E-state index contributed by atoms with van der Waals surface area (Å²) in [5.74, 6) is -1.03. The van der Waals surface area contributed by atoms with E-state index >= 15 is 0 Å². The van der Waals surface area contributed by atoms with Crippen LogP contribution in [0.2, 0.25) is 0 Å². The zero-order chi connectivity index (χ0) is 34.1. The van der Waals surface area contributed by atoms with Gasteiger partial charge in [-0.05, 0) is 67.8 Å². The molecular formula is C34H32F5N5O3S. The van der Waals surface area contributed by atoms with Crippen LogP contribution in [0.5, 0.6) is 0 Å². The molecule has 14 heteroatoms. The Morgan fingerprint density at radius 3 is 2.23 bits per heavy atom. The van der Waals surface area contributed by atoms with Crippen molar-refractivity contribution in [1.29, 1.82) is 0 Å². The lowest BCUT2D eigenvalue weighted by atomic mass is 10.0. The van der Waals surface area contributed by atoms with E-state index in [0.29, 0.717) is 67.6 Å². The number of Topliss-reactive ketones (excluding diaryl/α,β-unsaturated/α-hetero) is 1. The smallest absolute Gasteiger partial charge is 0.366 e. The van der Waals surface area contributed by atoms with Gasteiger partial charge in [0.15, 0.2) is 5.78 Å². The Morgan fingerprint density at radius 2 is 1.54 bits per heavy atom. The largest absolute Gasteiger partial charge is 0.416 e. The highest BCUT2D eigenvalue weighted by molar-refractivity contribution is 7.89. The summed E-state index contributed by atoms with van der Waals surface area (Å²) in [6.07, 6.45) is -3.63. The number of anilines is 2. The van der Waals surface area contributed by atoms with Crippen molar-refractivity contribution in [1.82, 2.24) is 14.3 Å². The van der Waals surface area contributed by atoms with Crippen LogP contribution in [-0.2, 0) is 27.4 Å². The topological polar surface area (TPSA) is 86.7 Å². The van der Waals surface area contributed by atoms with Gasteiger partial charge in [0, 0.05) is 50.4 Å². The standard InChI is InChI=1S/C34H32F5N5O3S/c35-25-5-3-6-27(21-25)48(46,47)44-16-4-9-31(44)32(45)15-14-26-22-29(23-10-12-24(13-11-23)34(37,38)39)41-33(40-26)43-19-17-42(18-20-43)30-8-2-1-7-28(30)36/h1-3,5-8,10-13,21-22,31H,4,9,14-20H2/t31-/m0/s1. The molecule has 0 saturated carbocycles. The highest BCUT2D eigenvalue weighted by Crippen LogP contribution is 2.32. The fraction of sp³-hybridized carbons (Fsp3) is 0.324. The van der Waals surface area contributed by atoms with Crippen molar-refractivity contribution in [3.05, 3.63) is 102 Å². The molecule has 2 saturated heterocycles. The maximum absolute atomic E-state index is 14.4. The predicted molar refractivity (Wildman–Crippen MR) is 170 cm³/mol. The second-order valence-electron chi connectivity index (χ2n) is 11.7. The summed E-state index contributed by atoms with van der Waals surface area (Å²) in [6, 6.07) is 16.4. The number of halogens is 5. The summed E-state index contributed by atoms with van der Waals surface area (Å²) < 4.78 is 95.7. The third-order valence-corrected chi connectivity index (χ3v) is 10.5. The fourth-order valence-electron chi connectivity index (χ4n) is 6.12. The minimum atomic E-state index is -4.50. The van der Waals surface area contributed by atoms with Crippen LogP contribution < -0.4 is 9.80 Å². The van der Waals surface area contributed by atoms with Crippen molar-refractivity contribution >= 4 is 27.4 Å². The van der Waals surface area contributed by atoms with E-state index in [1.807, 2.05) is 9.80 Å². The number of alkyl halides is 3. The van der Waals surface area contributed by atoms with E-state index in [-0.39, 0.29) is 35.9 Å². The second kappa shape index (κ2) is 13.6. The van der Waals surface area contributed by atoms with Crippen molar-refractivity contribution < 1.29 is 35.2 Å². The minimum Gasteiger partial charge on any atom is -0.366 e. The number of nitrogens with zero attached hydrogens (tertiary/aromatic N) is 5. The Kier molecular flexibility index (Phi) is 9.48. The SMILES string of the molecule is O=C(CCc1cc(-c2ccc(C(F)(F)F)cc2)nc(N2CCN(c3ccccc3F)CC2)n1)[C@@H]1CCCN1S(=O)(=O)c1cccc(F)c1. The molecule has 0 aliphatic carbocycles. The van der Waals surface area contributed by atoms with Crippen molar-refractivity contribution in [2.75, 3.05) is 42.5 Å². The van der Waals surface area contributed by atoms with Gasteiger partial charge in [0.05, 0.1) is 27.9 Å². The van der Waals surface area contributed by atoms with E-state index in [1.54, 1.807) is 24.3 Å². The number of carbonyl (C=O) groups is 1. The number of para-hydroxylation sites is 1. The molecule has 8 nitrogen and oxygen atoms in total. The molecule has 252 valence electrons. The van der Waals surface area contributed by atoms with Crippen LogP contribution in [0.4, 0.5) is 33.6 Å². The van der Waals surface area contributed by atoms with Crippen LogP contribution in [0.1, 0.15) is 30.5 Å². The van der Waals surface area contributed by atoms with Crippen molar-refractivity contribution in [2.45, 2.75) is 42.8 Å². The third-order valence-electron chi connectivity index (χ3n) is 8.64. The van der Waals surface area contributed by atoms with E-state index in [2.05, 4.69) is 4.98 Å². The molecule has 1 atom stereocenters. The summed E-state index contributed by atoms with van der Waals surface area (Å²) in [4.78, 5) is 26.4. The zero-order valence-electron chi connectivity index (χ0n) is 25.7. The molecule has 0 bridgehead atoms. The summed E-state index contributed by atoms with van der Waals surface area (Å²) in [5.41, 5.74) is 0.926. The Hall–Kier alpha value is -4.43. The molecule has 48 heavy (non-hydrogen) atoms. The van der Waals surface area contributed by atoms with Gasteiger partial charge in [0.2, 0.25) is 16.0 Å². The van der Waals surface area contributed by atoms with Gasteiger partial charge in [-0.1, -0.05) is 30.3 Å². The van der Waals surface area contributed by atoms with Gasteiger partial charge in [0.25, 0.3) is 0 Å². The average molecular weight is 686 g/mol. The number of piperazine rings is 1. The molecule has 2 aliphatic rings. The van der Waals surface area contributed by atoms with Crippen molar-refractivity contribution in [2.24, 2.45) is 0 Å². The molecule has 0 spiro atoms. The van der Waals surface area contributed by atoms with E-state index < -0.39 is 33.6 Å². The first kappa shape index (κ1) is 33.5. The molecule has 0 N–H and O–H groups in total. The maximum Gasteiger partial charge on any atom is 0.416 e. The van der Waals surface area contributed by atoms with Gasteiger partial charge in [-0.2, -0.15) is 17.5 Å². The van der Waals surface area contributed by atoms with Crippen molar-refractivity contribution in [3.8, 4) is 11.3 Å². The van der Waals surface area contributed by atoms with Gasteiger partial charge in [-0.3, -0.25) is 4.79 Å². The lowest BCUT2D eigenvalue weighted by molar-refractivity contribution is -0.137. The number of aryl methyl sites for hydroxylation is 1. The van der Waals surface area contributed by atoms with Gasteiger partial charge in [0.1, 0.15) is 11.6 Å². The summed E-state index contributed by atoms with van der Waals surface area (Å²) in [5, 5.41) is 0. The highest BCUT2D eigenvalue weighted by Gasteiger charge is 2.39. The molecule has 4 aromatic rings. The molecular weight excluding hydrogens is 653 g/mol. The Bertz CT molecular complexity index is 1900. The van der Waals surface area contributed by atoms with Crippen LogP contribution in [0.15, 0.2) is 83.8 Å². The Morgan fingerprint density at radius 1 is 0.833 bits per heavy atom. The Labute approximate surface area is 274 Å². The number of sulfonamides is 1. The Balaban J connectivity index is 1.23. The number of carbonyl (C=O) groups excluding carboxylic acids is 1. The first-order chi connectivity index (χ1) is 22.9. The lowest BCUT2D eigenvalue weighted by Crippen LogP contribution is -2.47. The predicted octanol–water partition coefficient (Wildman–Crippen LogP) is 6.12. The number of rotatable bonds is 9. The van der Waals surface area contributed by atoms with Gasteiger partial charge >= 0.3 is 6.18 Å². The van der Waals surface area contributed by atoms with E-state index in [1.165, 1.54) is 30.3 Å². The van der Waals surface area contributed by atoms with Crippen LogP contribution in [-0.4, -0.2) is 67.2 Å². The normalized spacial score (nSPS) is 17.6. The van der Waals surface area contributed by atoms with E-state index in [4.69, 9.17) is 4.98 Å². The molecule has 3 aromatic carbocycles. The molecule has 6 rings (SSSR count). The summed E-state index contributed by atoms with van der Waals surface area (Å²) in [6.45, 7) is 1.96. The van der Waals surface area contributed by atoms with Crippen LogP contribution in [0, 0.1) is 11.6 Å².